The summed E-state index contributed by atoms with van der Waals surface area (Å²) >= 11 is 7.64. The predicted octanol–water partition coefficient (Wildman–Crippen LogP) is 4.80. The second-order valence-electron chi connectivity index (χ2n) is 4.98. The largest absolute Gasteiger partial charge is 0.293 e. The Balaban J connectivity index is 1.68. The Hall–Kier alpha value is -1.25. The molecule has 3 rings (SSSR count). The van der Waals surface area contributed by atoms with Gasteiger partial charge in [-0.1, -0.05) is 29.8 Å². The fourth-order valence-electron chi connectivity index (χ4n) is 2.55. The number of hydrogen-bond acceptors (Lipinski definition) is 2. The molecule has 2 aromatic rings. The van der Waals surface area contributed by atoms with Crippen molar-refractivity contribution >= 4 is 29.1 Å². The third kappa shape index (κ3) is 2.92. The lowest BCUT2D eigenvalue weighted by molar-refractivity contribution is 0.102. The van der Waals surface area contributed by atoms with Crippen molar-refractivity contribution in [3.8, 4) is 0 Å². The molecule has 0 heterocycles. The molecule has 1 aliphatic carbocycles. The minimum Gasteiger partial charge on any atom is -0.293 e. The topological polar surface area (TPSA) is 17.1 Å². The van der Waals surface area contributed by atoms with Crippen LogP contribution in [0.2, 0.25) is 5.02 Å². The number of carbonyl (C=O) groups excluding carboxylic acids is 1. The molecule has 0 bridgehead atoms. The van der Waals surface area contributed by atoms with Gasteiger partial charge in [-0.2, -0.15) is 0 Å². The predicted molar refractivity (Wildman–Crippen MR) is 85.0 cm³/mol. The third-order valence-corrected chi connectivity index (χ3v) is 4.94. The molecule has 20 heavy (non-hydrogen) atoms. The maximum atomic E-state index is 12.2. The first-order valence-electron chi connectivity index (χ1n) is 6.76. The van der Waals surface area contributed by atoms with Crippen LogP contribution in [0, 0.1) is 0 Å². The van der Waals surface area contributed by atoms with Crippen LogP contribution >= 0.6 is 23.4 Å². The fraction of sp³-hybridized carbons (Fsp3) is 0.235. The van der Waals surface area contributed by atoms with Crippen molar-refractivity contribution < 1.29 is 4.79 Å². The molecule has 0 N–H and O–H groups in total. The molecular weight excluding hydrogens is 288 g/mol. The zero-order valence-corrected chi connectivity index (χ0v) is 12.6. The minimum absolute atomic E-state index is 0.0844. The van der Waals surface area contributed by atoms with Gasteiger partial charge in [0.05, 0.1) is 10.8 Å². The average molecular weight is 303 g/mol. The first kappa shape index (κ1) is 13.7. The van der Waals surface area contributed by atoms with Crippen molar-refractivity contribution in [3.05, 3.63) is 64.2 Å². The van der Waals surface area contributed by atoms with Crippen molar-refractivity contribution in [1.29, 1.82) is 0 Å². The molecule has 0 aromatic heterocycles. The zero-order valence-electron chi connectivity index (χ0n) is 11.1. The van der Waals surface area contributed by atoms with Crippen LogP contribution in [0.3, 0.4) is 0 Å². The summed E-state index contributed by atoms with van der Waals surface area (Å²) in [5, 5.41) is 0.534. The van der Waals surface area contributed by atoms with Gasteiger partial charge in [-0.05, 0) is 54.7 Å². The van der Waals surface area contributed by atoms with Gasteiger partial charge in [-0.3, -0.25) is 4.79 Å². The van der Waals surface area contributed by atoms with Crippen LogP contribution in [0.5, 0.6) is 0 Å². The lowest BCUT2D eigenvalue weighted by Gasteiger charge is -2.05. The third-order valence-electron chi connectivity index (χ3n) is 3.61. The van der Waals surface area contributed by atoms with E-state index in [-0.39, 0.29) is 5.78 Å². The Morgan fingerprint density at radius 3 is 2.75 bits per heavy atom. The molecule has 0 spiro atoms. The van der Waals surface area contributed by atoms with E-state index in [0.29, 0.717) is 16.3 Å². The van der Waals surface area contributed by atoms with E-state index in [1.54, 1.807) is 23.9 Å². The van der Waals surface area contributed by atoms with Crippen molar-refractivity contribution in [3.63, 3.8) is 0 Å². The first-order valence-corrected chi connectivity index (χ1v) is 8.13. The fourth-order valence-corrected chi connectivity index (χ4v) is 3.64. The molecule has 0 unspecified atom stereocenters. The smallest absolute Gasteiger partial charge is 0.174 e. The number of ketones is 1. The first-order chi connectivity index (χ1) is 9.74. The minimum atomic E-state index is 0.0844. The Labute approximate surface area is 128 Å². The number of Topliss-reactive ketones (excluding diaryl/α,β-unsaturated/α-hetero) is 1. The van der Waals surface area contributed by atoms with Crippen LogP contribution in [0.15, 0.2) is 47.4 Å². The second-order valence-corrected chi connectivity index (χ2v) is 6.43. The van der Waals surface area contributed by atoms with Gasteiger partial charge in [-0.15, -0.1) is 11.8 Å². The van der Waals surface area contributed by atoms with E-state index in [2.05, 4.69) is 18.2 Å². The Morgan fingerprint density at radius 2 is 1.90 bits per heavy atom. The lowest BCUT2D eigenvalue weighted by Crippen LogP contribution is -2.03. The van der Waals surface area contributed by atoms with Gasteiger partial charge >= 0.3 is 0 Å². The standard InChI is InChI=1S/C17H15ClOS/c18-16-7-2-1-6-15(16)17(19)11-20-14-9-8-12-4-3-5-13(12)10-14/h1-2,6-10H,3-5,11H2. The van der Waals surface area contributed by atoms with Crippen LogP contribution < -0.4 is 0 Å². The highest BCUT2D eigenvalue weighted by atomic mass is 35.5. The number of benzene rings is 2. The number of aryl methyl sites for hydroxylation is 2. The van der Waals surface area contributed by atoms with Gasteiger partial charge in [0, 0.05) is 10.5 Å². The molecule has 2 aromatic carbocycles. The monoisotopic (exact) mass is 302 g/mol. The summed E-state index contributed by atoms with van der Waals surface area (Å²) in [6, 6.07) is 13.8. The molecule has 0 saturated heterocycles. The van der Waals surface area contributed by atoms with Gasteiger partial charge < -0.3 is 0 Å². The lowest BCUT2D eigenvalue weighted by atomic mass is 10.1. The van der Waals surface area contributed by atoms with Crippen LogP contribution in [0.25, 0.3) is 0 Å². The van der Waals surface area contributed by atoms with Gasteiger partial charge in [0.1, 0.15) is 0 Å². The summed E-state index contributed by atoms with van der Waals surface area (Å²) in [4.78, 5) is 13.3. The van der Waals surface area contributed by atoms with Gasteiger partial charge in [0.2, 0.25) is 0 Å². The molecule has 3 heteroatoms. The number of carbonyl (C=O) groups is 1. The van der Waals surface area contributed by atoms with E-state index in [1.807, 2.05) is 12.1 Å². The van der Waals surface area contributed by atoms with Gasteiger partial charge in [0.15, 0.2) is 5.78 Å². The number of thioether (sulfide) groups is 1. The number of hydrogen-bond donors (Lipinski definition) is 0. The SMILES string of the molecule is O=C(CSc1ccc2c(c1)CCC2)c1ccccc1Cl. The molecule has 102 valence electrons. The van der Waals surface area contributed by atoms with Crippen molar-refractivity contribution in [2.75, 3.05) is 5.75 Å². The van der Waals surface area contributed by atoms with Gasteiger partial charge in [0.25, 0.3) is 0 Å². The van der Waals surface area contributed by atoms with E-state index < -0.39 is 0 Å². The summed E-state index contributed by atoms with van der Waals surface area (Å²) in [7, 11) is 0. The summed E-state index contributed by atoms with van der Waals surface area (Å²) in [6.45, 7) is 0. The number of rotatable bonds is 4. The zero-order chi connectivity index (χ0) is 13.9. The highest BCUT2D eigenvalue weighted by molar-refractivity contribution is 8.00. The van der Waals surface area contributed by atoms with E-state index >= 15 is 0 Å². The summed E-state index contributed by atoms with van der Waals surface area (Å²) in [5.74, 6) is 0.517. The summed E-state index contributed by atoms with van der Waals surface area (Å²) in [5.41, 5.74) is 3.52. The van der Waals surface area contributed by atoms with Crippen molar-refractivity contribution in [1.82, 2.24) is 0 Å². The van der Waals surface area contributed by atoms with Crippen LogP contribution in [-0.2, 0) is 12.8 Å². The van der Waals surface area contributed by atoms with Crippen molar-refractivity contribution in [2.45, 2.75) is 24.2 Å². The van der Waals surface area contributed by atoms with Crippen LogP contribution in [0.4, 0.5) is 0 Å². The van der Waals surface area contributed by atoms with Crippen LogP contribution in [-0.4, -0.2) is 11.5 Å². The van der Waals surface area contributed by atoms with E-state index in [1.165, 1.54) is 35.3 Å². The molecule has 1 aliphatic rings. The molecule has 0 amide bonds. The quantitative estimate of drug-likeness (QED) is 0.596. The Bertz CT molecular complexity index is 651. The van der Waals surface area contributed by atoms with Gasteiger partial charge in [-0.25, -0.2) is 0 Å². The summed E-state index contributed by atoms with van der Waals surface area (Å²) < 4.78 is 0. The maximum Gasteiger partial charge on any atom is 0.174 e. The average Bonchev–Trinajstić information content (AvgIpc) is 2.92. The molecule has 1 nitrogen and oxygen atoms in total. The maximum absolute atomic E-state index is 12.2. The second kappa shape index (κ2) is 6.02. The van der Waals surface area contributed by atoms with E-state index in [0.717, 1.165) is 0 Å². The van der Waals surface area contributed by atoms with E-state index in [9.17, 15) is 4.79 Å². The molecular formula is C17H15ClOS. The molecule has 0 fully saturated rings. The highest BCUT2D eigenvalue weighted by Crippen LogP contribution is 2.28. The molecule has 0 radical (unpaired) electrons. The Kier molecular flexibility index (Phi) is 4.13. The van der Waals surface area contributed by atoms with Crippen LogP contribution in [0.1, 0.15) is 27.9 Å². The van der Waals surface area contributed by atoms with E-state index in [4.69, 9.17) is 11.6 Å². The number of halogens is 1. The molecule has 0 saturated carbocycles. The van der Waals surface area contributed by atoms with Crippen molar-refractivity contribution in [2.24, 2.45) is 0 Å². The number of fused-ring (bicyclic) bond motifs is 1. The normalized spacial score (nSPS) is 13.2. The molecule has 0 atom stereocenters. The molecule has 0 aliphatic heterocycles. The highest BCUT2D eigenvalue weighted by Gasteiger charge is 2.13. The summed E-state index contributed by atoms with van der Waals surface area (Å²) in [6.07, 6.45) is 3.61. The Morgan fingerprint density at radius 1 is 1.10 bits per heavy atom.